The van der Waals surface area contributed by atoms with Crippen LogP contribution >= 0.6 is 0 Å². The Hall–Kier alpha value is -2.84. The minimum absolute atomic E-state index is 0.148. The first-order valence-electron chi connectivity index (χ1n) is 4.81. The summed E-state index contributed by atoms with van der Waals surface area (Å²) in [4.78, 5) is 47.1. The van der Waals surface area contributed by atoms with E-state index in [2.05, 4.69) is 10.4 Å². The lowest BCUT2D eigenvalue weighted by molar-refractivity contribution is -0.118. The number of nitrogens with zero attached hydrogens (tertiary/aromatic N) is 1. The van der Waals surface area contributed by atoms with E-state index in [1.807, 2.05) is 5.32 Å². The number of aromatic amines is 1. The van der Waals surface area contributed by atoms with Crippen LogP contribution in [0.25, 0.3) is 0 Å². The molecule has 0 radical (unpaired) electrons. The smallest absolute Gasteiger partial charge is 0.343 e. The Kier molecular flexibility index (Phi) is 2.72. The molecule has 0 saturated carbocycles. The summed E-state index contributed by atoms with van der Waals surface area (Å²) >= 11 is 0. The van der Waals surface area contributed by atoms with Crippen molar-refractivity contribution in [2.45, 2.75) is 0 Å². The van der Waals surface area contributed by atoms with Gasteiger partial charge in [-0.25, -0.2) is 9.80 Å². The number of nitrogens with one attached hydrogen (secondary N) is 3. The number of hydrogen-bond acceptors (Lipinski definition) is 5. The Balaban J connectivity index is 2.12. The summed E-state index contributed by atoms with van der Waals surface area (Å²) in [7, 11) is 0. The molecule has 9 heteroatoms. The van der Waals surface area contributed by atoms with E-state index >= 15 is 0 Å². The van der Waals surface area contributed by atoms with E-state index in [0.717, 1.165) is 17.3 Å². The first-order valence-corrected chi connectivity index (χ1v) is 4.81. The van der Waals surface area contributed by atoms with Gasteiger partial charge in [-0.15, -0.1) is 0 Å². The minimum Gasteiger partial charge on any atom is -0.503 e. The van der Waals surface area contributed by atoms with Gasteiger partial charge in [0.15, 0.2) is 5.75 Å². The van der Waals surface area contributed by atoms with Crippen molar-refractivity contribution in [3.05, 3.63) is 28.2 Å². The molecule has 1 aromatic rings. The highest BCUT2D eigenvalue weighted by Gasteiger charge is 2.28. The summed E-state index contributed by atoms with van der Waals surface area (Å²) in [5, 5.41) is 11.7. The predicted octanol–water partition coefficient (Wildman–Crippen LogP) is -1.72. The van der Waals surface area contributed by atoms with E-state index in [9.17, 15) is 19.2 Å². The topological polar surface area (TPSA) is 132 Å². The highest BCUT2D eigenvalue weighted by atomic mass is 16.3. The van der Waals surface area contributed by atoms with Crippen LogP contribution in [-0.2, 0) is 4.79 Å². The molecule has 4 amide bonds. The van der Waals surface area contributed by atoms with Gasteiger partial charge in [0.2, 0.25) is 11.3 Å². The highest BCUT2D eigenvalue weighted by molar-refractivity contribution is 6.03. The van der Waals surface area contributed by atoms with Crippen LogP contribution in [-0.4, -0.2) is 39.5 Å². The first kappa shape index (κ1) is 11.6. The summed E-state index contributed by atoms with van der Waals surface area (Å²) in [6.07, 6.45) is 0.951. The average molecular weight is 252 g/mol. The average Bonchev–Trinajstić information content (AvgIpc) is 2.61. The second kappa shape index (κ2) is 4.20. The summed E-state index contributed by atoms with van der Waals surface area (Å²) < 4.78 is 0. The zero-order valence-electron chi connectivity index (χ0n) is 8.89. The number of carbonyl (C=O) groups excluding carboxylic acids is 3. The maximum absolute atomic E-state index is 11.6. The highest BCUT2D eigenvalue weighted by Crippen LogP contribution is 2.00. The van der Waals surface area contributed by atoms with Crippen molar-refractivity contribution in [3.63, 3.8) is 0 Å². The fraction of sp³-hybridized carbons (Fsp3) is 0.111. The Morgan fingerprint density at radius 2 is 2.11 bits per heavy atom. The third-order valence-electron chi connectivity index (χ3n) is 2.17. The monoisotopic (exact) mass is 252 g/mol. The van der Waals surface area contributed by atoms with E-state index in [1.54, 1.807) is 0 Å². The van der Waals surface area contributed by atoms with Crippen molar-refractivity contribution in [2.24, 2.45) is 0 Å². The number of urea groups is 1. The van der Waals surface area contributed by atoms with E-state index in [-0.39, 0.29) is 12.2 Å². The zero-order valence-corrected chi connectivity index (χ0v) is 8.89. The largest absolute Gasteiger partial charge is 0.503 e. The van der Waals surface area contributed by atoms with E-state index in [4.69, 9.17) is 5.11 Å². The van der Waals surface area contributed by atoms with Crippen molar-refractivity contribution in [3.8, 4) is 5.75 Å². The molecule has 2 heterocycles. The number of hydrazine groups is 1. The molecule has 1 saturated heterocycles. The van der Waals surface area contributed by atoms with E-state index in [1.165, 1.54) is 0 Å². The number of amides is 4. The molecule has 1 aromatic heterocycles. The number of rotatable bonds is 2. The second-order valence-electron chi connectivity index (χ2n) is 3.48. The molecule has 0 aliphatic carbocycles. The molecular formula is C9H8N4O5. The van der Waals surface area contributed by atoms with Gasteiger partial charge >= 0.3 is 6.03 Å². The van der Waals surface area contributed by atoms with Gasteiger partial charge in [-0.3, -0.25) is 25.1 Å². The lowest BCUT2D eigenvalue weighted by atomic mass is 10.3. The molecule has 0 unspecified atom stereocenters. The molecule has 0 bridgehead atoms. The van der Waals surface area contributed by atoms with Crippen molar-refractivity contribution < 1.29 is 19.5 Å². The van der Waals surface area contributed by atoms with Crippen LogP contribution < -0.4 is 16.2 Å². The number of aromatic nitrogens is 1. The normalized spacial score (nSPS) is 14.6. The standard InChI is InChI=1S/C9H8N4O5/c14-5-1-4(10-2-6(5)15)8(17)12-13-3-7(16)11-9(13)18/h1-2,15H,3H2,(H,10,14)(H,12,17)(H,11,16,18). The molecule has 18 heavy (non-hydrogen) atoms. The Labute approximate surface area is 99.4 Å². The third kappa shape index (κ3) is 2.14. The van der Waals surface area contributed by atoms with Crippen molar-refractivity contribution in [1.82, 2.24) is 20.7 Å². The summed E-state index contributed by atoms with van der Waals surface area (Å²) in [5.41, 5.74) is 1.25. The van der Waals surface area contributed by atoms with E-state index in [0.29, 0.717) is 0 Å². The Bertz CT molecular complexity index is 593. The van der Waals surface area contributed by atoms with Gasteiger partial charge in [0.25, 0.3) is 5.91 Å². The van der Waals surface area contributed by atoms with Gasteiger partial charge in [-0.1, -0.05) is 0 Å². The molecule has 0 atom stereocenters. The molecule has 1 aliphatic heterocycles. The lowest BCUT2D eigenvalue weighted by Gasteiger charge is -2.14. The molecule has 4 N–H and O–H groups in total. The van der Waals surface area contributed by atoms with Crippen LogP contribution in [0.3, 0.4) is 0 Å². The van der Waals surface area contributed by atoms with Gasteiger partial charge in [0.05, 0.1) is 0 Å². The number of H-pyrrole nitrogens is 1. The van der Waals surface area contributed by atoms with Gasteiger partial charge in [-0.2, -0.15) is 0 Å². The number of pyridine rings is 1. The van der Waals surface area contributed by atoms with Gasteiger partial charge < -0.3 is 10.1 Å². The molecule has 94 valence electrons. The van der Waals surface area contributed by atoms with Crippen LogP contribution in [0.4, 0.5) is 4.79 Å². The first-order chi connectivity index (χ1) is 8.47. The number of imide groups is 1. The van der Waals surface area contributed by atoms with Crippen LogP contribution in [0.1, 0.15) is 10.5 Å². The number of carbonyl (C=O) groups is 3. The van der Waals surface area contributed by atoms with Crippen LogP contribution in [0.5, 0.6) is 5.75 Å². The fourth-order valence-corrected chi connectivity index (χ4v) is 1.31. The molecule has 1 aliphatic rings. The molecule has 0 spiro atoms. The van der Waals surface area contributed by atoms with Crippen molar-refractivity contribution in [1.29, 1.82) is 0 Å². The maximum atomic E-state index is 11.6. The minimum atomic E-state index is -0.781. The van der Waals surface area contributed by atoms with Crippen LogP contribution in [0.2, 0.25) is 0 Å². The SMILES string of the molecule is O=C1CN(NC(=O)c2cc(=O)c(O)c[nH]2)C(=O)N1. The molecule has 2 rings (SSSR count). The summed E-state index contributed by atoms with van der Waals surface area (Å²) in [5.74, 6) is -1.85. The van der Waals surface area contributed by atoms with Gasteiger partial charge in [-0.05, 0) is 0 Å². The number of hydrogen-bond donors (Lipinski definition) is 4. The van der Waals surface area contributed by atoms with Gasteiger partial charge in [0, 0.05) is 12.3 Å². The van der Waals surface area contributed by atoms with Crippen LogP contribution in [0, 0.1) is 0 Å². The van der Waals surface area contributed by atoms with Crippen LogP contribution in [0.15, 0.2) is 17.1 Å². The number of aromatic hydroxyl groups is 1. The Morgan fingerprint density at radius 1 is 1.39 bits per heavy atom. The summed E-state index contributed by atoms with van der Waals surface area (Å²) in [6, 6.07) is 0.120. The quantitative estimate of drug-likeness (QED) is 0.465. The summed E-state index contributed by atoms with van der Waals surface area (Å²) in [6.45, 7) is -0.299. The lowest BCUT2D eigenvalue weighted by Crippen LogP contribution is -2.44. The van der Waals surface area contributed by atoms with E-state index < -0.39 is 29.0 Å². The predicted molar refractivity (Wildman–Crippen MR) is 56.4 cm³/mol. The van der Waals surface area contributed by atoms with Crippen molar-refractivity contribution >= 4 is 17.8 Å². The molecule has 0 aromatic carbocycles. The third-order valence-corrected chi connectivity index (χ3v) is 2.17. The molecular weight excluding hydrogens is 244 g/mol. The van der Waals surface area contributed by atoms with Crippen molar-refractivity contribution in [2.75, 3.05) is 6.54 Å². The van der Waals surface area contributed by atoms with Gasteiger partial charge in [0.1, 0.15) is 12.2 Å². The zero-order chi connectivity index (χ0) is 13.3. The maximum Gasteiger partial charge on any atom is 0.343 e. The molecule has 9 nitrogen and oxygen atoms in total. The second-order valence-corrected chi connectivity index (χ2v) is 3.48. The fourth-order valence-electron chi connectivity index (χ4n) is 1.31. The molecule has 1 fully saturated rings. The Morgan fingerprint density at radius 3 is 2.67 bits per heavy atom.